The van der Waals surface area contributed by atoms with E-state index in [2.05, 4.69) is 9.88 Å². The highest BCUT2D eigenvalue weighted by atomic mass is 32.3. The van der Waals surface area contributed by atoms with Crippen LogP contribution in [0.15, 0.2) is 59.8 Å². The van der Waals surface area contributed by atoms with Gasteiger partial charge in [-0.25, -0.2) is 0 Å². The molecule has 2 aliphatic rings. The largest absolute Gasteiger partial charge is 0.593 e. The van der Waals surface area contributed by atoms with Crippen LogP contribution in [0.3, 0.4) is 0 Å². The lowest BCUT2D eigenvalue weighted by molar-refractivity contribution is -0.0207. The van der Waals surface area contributed by atoms with Crippen molar-refractivity contribution in [1.82, 2.24) is 14.2 Å². The number of hydrogen-bond donors (Lipinski definition) is 0. The molecule has 1 aromatic heterocycles. The molecule has 3 heterocycles. The van der Waals surface area contributed by atoms with Gasteiger partial charge in [-0.15, -0.1) is 4.31 Å². The minimum absolute atomic E-state index is 0.120. The number of pyridine rings is 1. The maximum Gasteiger partial charge on any atom is 0.175 e. The fraction of sp³-hybridized carbons (Fsp3) is 0.421. The molecule has 1 spiro atoms. The highest BCUT2D eigenvalue weighted by Gasteiger charge is 2.53. The van der Waals surface area contributed by atoms with Gasteiger partial charge in [-0.05, 0) is 29.8 Å². The molecular formula is C19H23N3O3S. The molecule has 4 rings (SSSR count). The maximum absolute atomic E-state index is 12.8. The third-order valence-corrected chi connectivity index (χ3v) is 6.89. The van der Waals surface area contributed by atoms with Gasteiger partial charge in [0.15, 0.2) is 15.3 Å². The summed E-state index contributed by atoms with van der Waals surface area (Å²) in [5, 5.41) is 0. The van der Waals surface area contributed by atoms with Crippen LogP contribution in [0.5, 0.6) is 0 Å². The Morgan fingerprint density at radius 2 is 1.85 bits per heavy atom. The molecule has 6 nitrogen and oxygen atoms in total. The summed E-state index contributed by atoms with van der Waals surface area (Å²) >= 11 is 0. The SMILES string of the molecule is O=[S+]([O-])(c1ccccc1)N1CC2(COCCN(Cc3ccncc3)C2)C1. The normalized spacial score (nSPS) is 23.1. The van der Waals surface area contributed by atoms with Gasteiger partial charge >= 0.3 is 0 Å². The molecule has 1 aromatic carbocycles. The minimum Gasteiger partial charge on any atom is -0.593 e. The first-order chi connectivity index (χ1) is 12.6. The summed E-state index contributed by atoms with van der Waals surface area (Å²) in [6.07, 6.45) is 3.61. The average Bonchev–Trinajstić information content (AvgIpc) is 2.85. The van der Waals surface area contributed by atoms with Crippen molar-refractivity contribution in [3.8, 4) is 0 Å². The Bertz CT molecular complexity index is 781. The van der Waals surface area contributed by atoms with Gasteiger partial charge in [0.2, 0.25) is 0 Å². The highest BCUT2D eigenvalue weighted by Crippen LogP contribution is 2.39. The molecule has 0 N–H and O–H groups in total. The van der Waals surface area contributed by atoms with Crippen molar-refractivity contribution in [2.45, 2.75) is 11.4 Å². The quantitative estimate of drug-likeness (QED) is 0.765. The van der Waals surface area contributed by atoms with E-state index in [1.807, 2.05) is 18.2 Å². The maximum atomic E-state index is 12.8. The number of rotatable bonds is 4. The summed E-state index contributed by atoms with van der Waals surface area (Å²) < 4.78 is 32.9. The molecule has 2 fully saturated rings. The molecule has 2 aliphatic heterocycles. The van der Waals surface area contributed by atoms with E-state index in [9.17, 15) is 8.76 Å². The third kappa shape index (κ3) is 3.58. The lowest BCUT2D eigenvalue weighted by atomic mass is 9.82. The topological polar surface area (TPSA) is 68.7 Å². The molecule has 26 heavy (non-hydrogen) atoms. The first-order valence-corrected chi connectivity index (χ1v) is 10.3. The van der Waals surface area contributed by atoms with E-state index in [0.29, 0.717) is 31.2 Å². The van der Waals surface area contributed by atoms with Crippen LogP contribution in [0.25, 0.3) is 0 Å². The Kier molecular flexibility index (Phi) is 4.90. The number of hydrogen-bond acceptors (Lipinski definition) is 5. The summed E-state index contributed by atoms with van der Waals surface area (Å²) in [7, 11) is -3.41. The van der Waals surface area contributed by atoms with Crippen LogP contribution in [-0.4, -0.2) is 58.1 Å². The molecule has 0 bridgehead atoms. The lowest BCUT2D eigenvalue weighted by Gasteiger charge is -2.49. The number of benzene rings is 1. The van der Waals surface area contributed by atoms with E-state index in [0.717, 1.165) is 19.6 Å². The number of nitrogens with zero attached hydrogens (tertiary/aromatic N) is 3. The van der Waals surface area contributed by atoms with Crippen LogP contribution in [0.1, 0.15) is 5.56 Å². The second-order valence-corrected chi connectivity index (χ2v) is 9.14. The van der Waals surface area contributed by atoms with E-state index < -0.39 is 10.4 Å². The van der Waals surface area contributed by atoms with Gasteiger partial charge in [-0.2, -0.15) is 0 Å². The fourth-order valence-electron chi connectivity index (χ4n) is 3.77. The fourth-order valence-corrected chi connectivity index (χ4v) is 5.45. The summed E-state index contributed by atoms with van der Waals surface area (Å²) in [5.74, 6) is 0. The van der Waals surface area contributed by atoms with E-state index in [4.69, 9.17) is 4.74 Å². The number of aromatic nitrogens is 1. The van der Waals surface area contributed by atoms with Crippen LogP contribution >= 0.6 is 0 Å². The Morgan fingerprint density at radius 3 is 2.58 bits per heavy atom. The van der Waals surface area contributed by atoms with Crippen molar-refractivity contribution in [2.75, 3.05) is 39.4 Å². The van der Waals surface area contributed by atoms with Crippen molar-refractivity contribution in [1.29, 1.82) is 0 Å². The molecule has 0 aliphatic carbocycles. The molecule has 7 heteroatoms. The average molecular weight is 373 g/mol. The van der Waals surface area contributed by atoms with Gasteiger partial charge < -0.3 is 9.29 Å². The Labute approximate surface area is 155 Å². The van der Waals surface area contributed by atoms with Crippen molar-refractivity contribution in [3.05, 3.63) is 60.4 Å². The van der Waals surface area contributed by atoms with E-state index >= 15 is 0 Å². The molecule has 0 amide bonds. The van der Waals surface area contributed by atoms with Crippen LogP contribution in [0.4, 0.5) is 0 Å². The Hall–Kier alpha value is -1.64. The second-order valence-electron chi connectivity index (χ2n) is 7.20. The smallest absolute Gasteiger partial charge is 0.175 e. The summed E-state index contributed by atoms with van der Waals surface area (Å²) in [6.45, 7) is 4.85. The van der Waals surface area contributed by atoms with Crippen LogP contribution < -0.4 is 0 Å². The molecule has 0 saturated carbocycles. The zero-order valence-corrected chi connectivity index (χ0v) is 15.4. The predicted octanol–water partition coefficient (Wildman–Crippen LogP) is 1.82. The Balaban J connectivity index is 1.44. The van der Waals surface area contributed by atoms with Crippen molar-refractivity contribution >= 4 is 10.4 Å². The zero-order chi connectivity index (χ0) is 18.0. The van der Waals surface area contributed by atoms with Crippen LogP contribution in [0.2, 0.25) is 0 Å². The monoisotopic (exact) mass is 373 g/mol. The van der Waals surface area contributed by atoms with Crippen molar-refractivity contribution in [3.63, 3.8) is 0 Å². The molecule has 1 unspecified atom stereocenters. The Morgan fingerprint density at radius 1 is 1.12 bits per heavy atom. The summed E-state index contributed by atoms with van der Waals surface area (Å²) in [6, 6.07) is 12.7. The molecule has 1 atom stereocenters. The third-order valence-electron chi connectivity index (χ3n) is 5.08. The van der Waals surface area contributed by atoms with Gasteiger partial charge in [0.05, 0.1) is 26.3 Å². The zero-order valence-electron chi connectivity index (χ0n) is 14.6. The van der Waals surface area contributed by atoms with E-state index in [-0.39, 0.29) is 5.41 Å². The van der Waals surface area contributed by atoms with Crippen molar-refractivity contribution in [2.24, 2.45) is 5.41 Å². The van der Waals surface area contributed by atoms with Gasteiger partial charge in [-0.1, -0.05) is 22.4 Å². The van der Waals surface area contributed by atoms with Crippen LogP contribution in [-0.2, 0) is 25.9 Å². The van der Waals surface area contributed by atoms with Crippen LogP contribution in [0, 0.1) is 5.41 Å². The van der Waals surface area contributed by atoms with Gasteiger partial charge in [0.1, 0.15) is 0 Å². The summed E-state index contributed by atoms with van der Waals surface area (Å²) in [4.78, 5) is 6.78. The van der Waals surface area contributed by atoms with E-state index in [1.54, 1.807) is 41.0 Å². The molecule has 2 aromatic rings. The van der Waals surface area contributed by atoms with Crippen molar-refractivity contribution < 1.29 is 13.5 Å². The first-order valence-electron chi connectivity index (χ1n) is 8.82. The predicted molar refractivity (Wildman–Crippen MR) is 97.9 cm³/mol. The molecule has 2 saturated heterocycles. The standard InChI is InChI=1S/C19H23N3O3S/c23-26(24,18-4-2-1-3-5-18)22-14-19(15-22)13-21(10-11-25-16-19)12-17-6-8-20-9-7-17/h1-9H,10-16H2. The van der Waals surface area contributed by atoms with E-state index in [1.165, 1.54) is 5.56 Å². The van der Waals surface area contributed by atoms with Gasteiger partial charge in [0, 0.05) is 37.4 Å². The molecular weight excluding hydrogens is 350 g/mol. The molecule has 0 radical (unpaired) electrons. The highest BCUT2D eigenvalue weighted by molar-refractivity contribution is 7.95. The summed E-state index contributed by atoms with van der Waals surface area (Å²) in [5.41, 5.74) is 1.09. The number of sulfonamides is 1. The molecule has 138 valence electrons. The minimum atomic E-state index is -3.41. The van der Waals surface area contributed by atoms with Gasteiger partial charge in [0.25, 0.3) is 0 Å². The number of ether oxygens (including phenoxy) is 1. The first kappa shape index (κ1) is 17.8. The second kappa shape index (κ2) is 7.17. The van der Waals surface area contributed by atoms with Gasteiger partial charge in [-0.3, -0.25) is 9.88 Å². The lowest BCUT2D eigenvalue weighted by Crippen LogP contribution is -2.64.